The van der Waals surface area contributed by atoms with Crippen LogP contribution in [0, 0.1) is 32.4 Å². The monoisotopic (exact) mass is 333 g/mol. The van der Waals surface area contributed by atoms with Crippen LogP contribution in [0.5, 0.6) is 0 Å². The quantitative estimate of drug-likeness (QED) is 0.483. The van der Waals surface area contributed by atoms with Crippen molar-refractivity contribution in [3.8, 4) is 0 Å². The van der Waals surface area contributed by atoms with Crippen molar-refractivity contribution >= 4 is 17.1 Å². The van der Waals surface area contributed by atoms with Crippen molar-refractivity contribution in [3.05, 3.63) is 72.7 Å². The van der Waals surface area contributed by atoms with Crippen LogP contribution in [-0.2, 0) is 0 Å². The Kier molecular flexibility index (Phi) is 3.52. The van der Waals surface area contributed by atoms with Gasteiger partial charge in [0.2, 0.25) is 5.71 Å². The van der Waals surface area contributed by atoms with Gasteiger partial charge in [-0.2, -0.15) is 4.90 Å². The fourth-order valence-corrected chi connectivity index (χ4v) is 2.49. The highest BCUT2D eigenvalue weighted by molar-refractivity contribution is 6.04. The van der Waals surface area contributed by atoms with E-state index in [0.29, 0.717) is 5.69 Å². The molecule has 2 N–H and O–H groups in total. The zero-order valence-electron chi connectivity index (χ0n) is 12.3. The molecule has 1 aromatic carbocycles. The average molecular weight is 333 g/mol. The van der Waals surface area contributed by atoms with Crippen LogP contribution in [0.2, 0.25) is 0 Å². The predicted octanol–water partition coefficient (Wildman–Crippen LogP) is 1.06. The second-order valence-electron chi connectivity index (χ2n) is 5.13. The number of fused-ring (bicyclic) bond motifs is 1. The van der Waals surface area contributed by atoms with Crippen LogP contribution in [0.3, 0.4) is 0 Å². The first-order valence-electron chi connectivity index (χ1n) is 6.74. The van der Waals surface area contributed by atoms with E-state index in [1.807, 2.05) is 13.0 Å². The molecule has 24 heavy (non-hydrogen) atoms. The van der Waals surface area contributed by atoms with Crippen LogP contribution in [0.15, 0.2) is 35.0 Å². The summed E-state index contributed by atoms with van der Waals surface area (Å²) in [6.07, 6.45) is 0.807. The molecule has 1 aliphatic carbocycles. The normalized spacial score (nSPS) is 16.3. The lowest BCUT2D eigenvalue weighted by Crippen LogP contribution is -2.35. The van der Waals surface area contributed by atoms with Crippen molar-refractivity contribution in [1.29, 1.82) is 0 Å². The van der Waals surface area contributed by atoms with Gasteiger partial charge in [-0.15, -0.1) is 0 Å². The Hall–Kier alpha value is -3.63. The molecule has 1 unspecified atom stereocenters. The number of nitrogens with one attached hydrogen (secondary N) is 2. The third kappa shape index (κ3) is 2.47. The van der Waals surface area contributed by atoms with Gasteiger partial charge >= 0.3 is 5.70 Å². The van der Waals surface area contributed by atoms with E-state index in [1.165, 1.54) is 0 Å². The summed E-state index contributed by atoms with van der Waals surface area (Å²) in [7, 11) is 0. The van der Waals surface area contributed by atoms with Crippen LogP contribution < -0.4 is 9.92 Å². The molecule has 0 radical (unpaired) electrons. The minimum atomic E-state index is -1.21. The summed E-state index contributed by atoms with van der Waals surface area (Å²) in [5, 5.41) is 38.8. The van der Waals surface area contributed by atoms with Gasteiger partial charge in [0.1, 0.15) is 0 Å². The zero-order valence-corrected chi connectivity index (χ0v) is 12.3. The molecule has 0 aliphatic heterocycles. The predicted molar refractivity (Wildman–Crippen MR) is 80.9 cm³/mol. The first-order chi connectivity index (χ1) is 11.4. The van der Waals surface area contributed by atoms with E-state index >= 15 is 0 Å². The topological polar surface area (TPSA) is 156 Å². The van der Waals surface area contributed by atoms with Crippen molar-refractivity contribution in [2.24, 2.45) is 0 Å². The molecule has 0 bridgehead atoms. The van der Waals surface area contributed by atoms with E-state index in [4.69, 9.17) is 0 Å². The Morgan fingerprint density at radius 1 is 1.33 bits per heavy atom. The summed E-state index contributed by atoms with van der Waals surface area (Å²) < 4.78 is 4.52. The van der Waals surface area contributed by atoms with Crippen LogP contribution in [0.4, 0.5) is 5.69 Å². The van der Waals surface area contributed by atoms with Crippen LogP contribution in [-0.4, -0.2) is 20.7 Å². The van der Waals surface area contributed by atoms with Crippen molar-refractivity contribution in [2.45, 2.75) is 13.0 Å². The number of aromatic amines is 1. The lowest BCUT2D eigenvalue weighted by atomic mass is 9.97. The number of benzene rings is 1. The van der Waals surface area contributed by atoms with E-state index in [9.17, 15) is 25.4 Å². The summed E-state index contributed by atoms with van der Waals surface area (Å²) in [5.74, 6) is 0. The minimum Gasteiger partial charge on any atom is -0.612 e. The van der Waals surface area contributed by atoms with Gasteiger partial charge in [-0.3, -0.25) is 10.1 Å². The molecule has 3 rings (SSSR count). The summed E-state index contributed by atoms with van der Waals surface area (Å²) in [5.41, 5.74) is -0.228. The SMILES string of the molecule is Cc1cccc(NC2C(=[N+]([O-])[O-])C=C([N+](=O)[O-])c3[nH]o[n+](=O)c32)c1. The lowest BCUT2D eigenvalue weighted by molar-refractivity contribution is -0.719. The molecule has 2 aromatic rings. The molecule has 1 aliphatic rings. The van der Waals surface area contributed by atoms with Crippen molar-refractivity contribution in [3.63, 3.8) is 0 Å². The van der Waals surface area contributed by atoms with Gasteiger partial charge in [-0.1, -0.05) is 21.9 Å². The van der Waals surface area contributed by atoms with Crippen molar-refractivity contribution in [2.75, 3.05) is 5.32 Å². The molecule has 1 atom stereocenters. The standard InChI is InChI=1S/C13H11N5O6/c1-7-3-2-4-8(5-7)14-11-9(16(19)20)6-10(17(21)22)12-13(11)18(23)24-15-12/h2-6,11,14-15H,1H3. The summed E-state index contributed by atoms with van der Waals surface area (Å²) in [6, 6.07) is 5.74. The molecule has 0 spiro atoms. The number of hydrogen-bond donors (Lipinski definition) is 2. The third-order valence-corrected chi connectivity index (χ3v) is 3.53. The molecular weight excluding hydrogens is 322 g/mol. The first-order valence-corrected chi connectivity index (χ1v) is 6.74. The largest absolute Gasteiger partial charge is 0.612 e. The highest BCUT2D eigenvalue weighted by atomic mass is 16.8. The van der Waals surface area contributed by atoms with Gasteiger partial charge in [-0.05, 0) is 29.5 Å². The maximum absolute atomic E-state index is 11.9. The summed E-state index contributed by atoms with van der Waals surface area (Å²) in [6.45, 7) is 1.83. The summed E-state index contributed by atoms with van der Waals surface area (Å²) in [4.78, 5) is 21.4. The molecule has 11 heteroatoms. The molecule has 0 fully saturated rings. The number of rotatable bonds is 3. The number of aromatic nitrogens is 2. The van der Waals surface area contributed by atoms with Gasteiger partial charge in [0, 0.05) is 5.69 Å². The Bertz CT molecular complexity index is 936. The molecule has 0 saturated heterocycles. The molecule has 0 amide bonds. The average Bonchev–Trinajstić information content (AvgIpc) is 2.89. The summed E-state index contributed by atoms with van der Waals surface area (Å²) >= 11 is 0. The van der Waals surface area contributed by atoms with E-state index in [-0.39, 0.29) is 16.0 Å². The van der Waals surface area contributed by atoms with E-state index in [1.54, 1.807) is 18.2 Å². The Balaban J connectivity index is 2.17. The smallest absolute Gasteiger partial charge is 0.330 e. The minimum absolute atomic E-state index is 0.0111. The fraction of sp³-hybridized carbons (Fsp3) is 0.154. The molecule has 1 aromatic heterocycles. The van der Waals surface area contributed by atoms with Crippen LogP contribution >= 0.6 is 0 Å². The van der Waals surface area contributed by atoms with Crippen molar-refractivity contribution < 1.29 is 19.1 Å². The van der Waals surface area contributed by atoms with Gasteiger partial charge in [0.25, 0.3) is 11.4 Å². The van der Waals surface area contributed by atoms with E-state index in [0.717, 1.165) is 11.6 Å². The third-order valence-electron chi connectivity index (χ3n) is 3.53. The Morgan fingerprint density at radius 2 is 2.08 bits per heavy atom. The first kappa shape index (κ1) is 15.3. The van der Waals surface area contributed by atoms with Crippen molar-refractivity contribution in [1.82, 2.24) is 5.16 Å². The fourth-order valence-electron chi connectivity index (χ4n) is 2.49. The number of anilines is 1. The number of hydrogen-bond acceptors (Lipinski definition) is 7. The van der Waals surface area contributed by atoms with Gasteiger partial charge in [0.05, 0.1) is 11.0 Å². The molecular formula is C13H11N5O6. The van der Waals surface area contributed by atoms with Gasteiger partial charge in [-0.25, -0.2) is 0 Å². The second-order valence-corrected chi connectivity index (χ2v) is 5.13. The number of nitrogens with zero attached hydrogens (tertiary/aromatic N) is 3. The number of nitro groups is 1. The zero-order chi connectivity index (χ0) is 17.4. The van der Waals surface area contributed by atoms with E-state index < -0.39 is 27.3 Å². The Morgan fingerprint density at radius 3 is 2.71 bits per heavy atom. The molecule has 1 heterocycles. The number of aryl methyl sites for hydroxylation is 1. The number of H-pyrrole nitrogens is 1. The lowest BCUT2D eigenvalue weighted by Gasteiger charge is -2.19. The highest BCUT2D eigenvalue weighted by Crippen LogP contribution is 2.30. The maximum Gasteiger partial charge on any atom is 0.330 e. The van der Waals surface area contributed by atoms with E-state index in [2.05, 4.69) is 15.1 Å². The van der Waals surface area contributed by atoms with Crippen LogP contribution in [0.25, 0.3) is 5.70 Å². The molecule has 124 valence electrons. The van der Waals surface area contributed by atoms with Gasteiger partial charge < -0.3 is 15.7 Å². The second kappa shape index (κ2) is 5.53. The van der Waals surface area contributed by atoms with Gasteiger partial charge in [0.15, 0.2) is 10.6 Å². The van der Waals surface area contributed by atoms with Crippen LogP contribution in [0.1, 0.15) is 23.0 Å². The molecule has 0 saturated carbocycles. The Labute approximate surface area is 133 Å². The highest BCUT2D eigenvalue weighted by Gasteiger charge is 2.46. The molecule has 11 nitrogen and oxygen atoms in total. The maximum atomic E-state index is 11.9.